The molecule has 0 N–H and O–H groups in total. The van der Waals surface area contributed by atoms with E-state index in [9.17, 15) is 25.6 Å². The topological polar surface area (TPSA) is 101 Å². The van der Waals surface area contributed by atoms with E-state index in [1.165, 1.54) is 48.8 Å². The molecule has 0 unspecified atom stereocenters. The summed E-state index contributed by atoms with van der Waals surface area (Å²) in [5.41, 5.74) is 2.21. The third-order valence-electron chi connectivity index (χ3n) is 10.7. The van der Waals surface area contributed by atoms with Crippen LogP contribution in [0.15, 0.2) is 105 Å². The molecule has 0 atom stereocenters. The summed E-state index contributed by atoms with van der Waals surface area (Å²) in [5.74, 6) is 0.0282. The van der Waals surface area contributed by atoms with Crippen molar-refractivity contribution in [1.29, 1.82) is 0 Å². The van der Waals surface area contributed by atoms with Crippen LogP contribution in [0.1, 0.15) is 39.5 Å². The second-order valence-corrected chi connectivity index (χ2v) is 20.3. The van der Waals surface area contributed by atoms with E-state index in [1.807, 2.05) is 11.0 Å². The van der Waals surface area contributed by atoms with Crippen LogP contribution < -0.4 is 9.80 Å². The average Bonchev–Trinajstić information content (AvgIpc) is 3.18. The van der Waals surface area contributed by atoms with Gasteiger partial charge in [0.15, 0.2) is 0 Å². The predicted octanol–water partition coefficient (Wildman–Crippen LogP) is 11.5. The van der Waals surface area contributed by atoms with Gasteiger partial charge in [-0.3, -0.25) is 9.97 Å². The van der Waals surface area contributed by atoms with E-state index in [0.717, 1.165) is 56.3 Å². The first kappa shape index (κ1) is 42.3. The second-order valence-electron chi connectivity index (χ2n) is 14.8. The SMILES string of the molecule is CC1CCN(c2c(S(=O)(=O)c3cc(Cl)cc(Cl)c3)cnc3cc(Cl)ccc23)CC1.CC1CCN(c2c(S(=O)(=O)c3ccc(F)c(Cl)c3)cnc3cc(F)ccc23)CC1. The summed E-state index contributed by atoms with van der Waals surface area (Å²) in [6, 6.07) is 17.1. The van der Waals surface area contributed by atoms with Crippen molar-refractivity contribution < 1.29 is 25.6 Å². The van der Waals surface area contributed by atoms with Crippen LogP contribution in [0.4, 0.5) is 20.2 Å². The number of pyridine rings is 2. The van der Waals surface area contributed by atoms with Gasteiger partial charge >= 0.3 is 0 Å². The van der Waals surface area contributed by atoms with E-state index >= 15 is 0 Å². The largest absolute Gasteiger partial charge is 0.370 e. The molecule has 2 aliphatic heterocycles. The van der Waals surface area contributed by atoms with Crippen LogP contribution in [0.3, 0.4) is 0 Å². The molecule has 304 valence electrons. The fourth-order valence-electron chi connectivity index (χ4n) is 7.36. The number of anilines is 2. The minimum atomic E-state index is -4.02. The zero-order chi connectivity index (χ0) is 41.5. The van der Waals surface area contributed by atoms with Crippen molar-refractivity contribution in [2.24, 2.45) is 11.8 Å². The number of fused-ring (bicyclic) bond motifs is 2. The molecule has 2 aromatic heterocycles. The van der Waals surface area contributed by atoms with Crippen LogP contribution in [0.2, 0.25) is 20.1 Å². The third-order valence-corrected chi connectivity index (χ3v) is 15.1. The first-order valence-corrected chi connectivity index (χ1v) is 23.1. The molecule has 0 aliphatic carbocycles. The van der Waals surface area contributed by atoms with Gasteiger partial charge in [0.1, 0.15) is 21.4 Å². The Bertz CT molecular complexity index is 2740. The highest BCUT2D eigenvalue weighted by Gasteiger charge is 2.31. The van der Waals surface area contributed by atoms with Crippen molar-refractivity contribution in [3.8, 4) is 0 Å². The molecule has 2 fully saturated rings. The number of hydrogen-bond donors (Lipinski definition) is 0. The summed E-state index contributed by atoms with van der Waals surface area (Å²) < 4.78 is 81.2. The molecule has 2 aliphatic rings. The summed E-state index contributed by atoms with van der Waals surface area (Å²) in [5, 5.41) is 2.15. The Hall–Kier alpha value is -3.78. The summed E-state index contributed by atoms with van der Waals surface area (Å²) >= 11 is 24.1. The summed E-state index contributed by atoms with van der Waals surface area (Å²) in [4.78, 5) is 12.8. The minimum absolute atomic E-state index is 0.00818. The molecule has 2 saturated heterocycles. The Kier molecular flexibility index (Phi) is 12.5. The van der Waals surface area contributed by atoms with Crippen LogP contribution in [-0.4, -0.2) is 53.0 Å². The van der Waals surface area contributed by atoms with Gasteiger partial charge in [0.05, 0.1) is 37.2 Å². The first-order valence-electron chi connectivity index (χ1n) is 18.6. The standard InChI is InChI=1S/C21H19Cl3N2O2S.C21H19ClF2N2O2S/c1-13-4-6-26(7-5-13)21-18-3-2-14(22)11-19(18)25-12-20(21)29(27,28)17-9-15(23)8-16(24)10-17;1-13-6-8-26(9-7-13)21-16-4-2-14(23)10-19(16)25-12-20(21)29(27,28)15-3-5-18(24)17(22)11-15/h2-3,8-13H,4-7H2,1H3;2-5,10-13H,6-9H2,1H3. The van der Waals surface area contributed by atoms with Crippen LogP contribution in [0.5, 0.6) is 0 Å². The molecule has 4 aromatic carbocycles. The monoisotopic (exact) mass is 904 g/mol. The Morgan fingerprint density at radius 2 is 1.05 bits per heavy atom. The molecule has 4 heterocycles. The van der Waals surface area contributed by atoms with Crippen molar-refractivity contribution in [2.75, 3.05) is 36.0 Å². The van der Waals surface area contributed by atoms with Gasteiger partial charge in [0, 0.05) is 70.5 Å². The Labute approximate surface area is 356 Å². The maximum atomic E-state index is 13.7. The van der Waals surface area contributed by atoms with Crippen molar-refractivity contribution in [2.45, 2.75) is 59.1 Å². The second kappa shape index (κ2) is 17.1. The molecule has 58 heavy (non-hydrogen) atoms. The van der Waals surface area contributed by atoms with Crippen molar-refractivity contribution in [3.63, 3.8) is 0 Å². The lowest BCUT2D eigenvalue weighted by molar-refractivity contribution is 0.437. The lowest BCUT2D eigenvalue weighted by Crippen LogP contribution is -2.34. The molecular weight excluding hydrogens is 868 g/mol. The lowest BCUT2D eigenvalue weighted by atomic mass is 9.98. The smallest absolute Gasteiger partial charge is 0.210 e. The summed E-state index contributed by atoms with van der Waals surface area (Å²) in [6.07, 6.45) is 6.51. The van der Waals surface area contributed by atoms with E-state index < -0.39 is 31.3 Å². The zero-order valence-corrected chi connectivity index (χ0v) is 36.1. The van der Waals surface area contributed by atoms with Crippen molar-refractivity contribution >= 4 is 99.3 Å². The van der Waals surface area contributed by atoms with Gasteiger partial charge in [0.25, 0.3) is 0 Å². The number of benzene rings is 4. The van der Waals surface area contributed by atoms with Crippen LogP contribution in [-0.2, 0) is 19.7 Å². The number of piperidine rings is 2. The minimum Gasteiger partial charge on any atom is -0.370 e. The summed E-state index contributed by atoms with van der Waals surface area (Å²) in [7, 11) is -7.91. The lowest BCUT2D eigenvalue weighted by Gasteiger charge is -2.34. The molecule has 0 amide bonds. The molecule has 0 saturated carbocycles. The number of hydrogen-bond acceptors (Lipinski definition) is 8. The molecule has 0 radical (unpaired) electrons. The predicted molar refractivity (Wildman–Crippen MR) is 228 cm³/mol. The fourth-order valence-corrected chi connectivity index (χ4v) is 11.4. The van der Waals surface area contributed by atoms with Crippen LogP contribution in [0.25, 0.3) is 21.8 Å². The van der Waals surface area contributed by atoms with E-state index in [1.54, 1.807) is 18.2 Å². The molecule has 16 heteroatoms. The van der Waals surface area contributed by atoms with Gasteiger partial charge in [-0.05, 0) is 104 Å². The van der Waals surface area contributed by atoms with Crippen molar-refractivity contribution in [1.82, 2.24) is 9.97 Å². The number of aromatic nitrogens is 2. The van der Waals surface area contributed by atoms with E-state index in [4.69, 9.17) is 46.4 Å². The van der Waals surface area contributed by atoms with Crippen LogP contribution >= 0.6 is 46.4 Å². The number of sulfone groups is 2. The highest BCUT2D eigenvalue weighted by Crippen LogP contribution is 2.41. The van der Waals surface area contributed by atoms with Gasteiger partial charge in [-0.25, -0.2) is 25.6 Å². The molecular formula is C42H38Cl4F2N4O4S2. The first-order chi connectivity index (χ1) is 27.5. The molecule has 6 aromatic rings. The van der Waals surface area contributed by atoms with E-state index in [2.05, 4.69) is 28.7 Å². The maximum absolute atomic E-state index is 13.7. The van der Waals surface area contributed by atoms with Gasteiger partial charge in [-0.2, -0.15) is 0 Å². The van der Waals surface area contributed by atoms with E-state index in [0.29, 0.717) is 57.7 Å². The van der Waals surface area contributed by atoms with Crippen molar-refractivity contribution in [3.05, 3.63) is 117 Å². The molecule has 8 nitrogen and oxygen atoms in total. The summed E-state index contributed by atoms with van der Waals surface area (Å²) in [6.45, 7) is 7.31. The molecule has 0 bridgehead atoms. The van der Waals surface area contributed by atoms with Gasteiger partial charge in [0.2, 0.25) is 19.7 Å². The molecule has 8 rings (SSSR count). The fraction of sp³-hybridized carbons (Fsp3) is 0.286. The van der Waals surface area contributed by atoms with Crippen LogP contribution in [0, 0.1) is 23.5 Å². The van der Waals surface area contributed by atoms with Gasteiger partial charge in [-0.1, -0.05) is 60.3 Å². The quantitative estimate of drug-likeness (QED) is 0.152. The normalized spacial score (nSPS) is 15.8. The van der Waals surface area contributed by atoms with Gasteiger partial charge < -0.3 is 9.80 Å². The van der Waals surface area contributed by atoms with Gasteiger partial charge in [-0.15, -0.1) is 0 Å². The number of rotatable bonds is 6. The molecule has 0 spiro atoms. The highest BCUT2D eigenvalue weighted by atomic mass is 35.5. The average molecular weight is 907 g/mol. The maximum Gasteiger partial charge on any atom is 0.210 e. The third kappa shape index (κ3) is 8.74. The van der Waals surface area contributed by atoms with E-state index in [-0.39, 0.29) is 34.6 Å². The Morgan fingerprint density at radius 1 is 0.569 bits per heavy atom. The Morgan fingerprint density at radius 3 is 1.57 bits per heavy atom. The number of nitrogens with zero attached hydrogens (tertiary/aromatic N) is 4. The number of halogens is 6. The Balaban J connectivity index is 0.000000177. The zero-order valence-electron chi connectivity index (χ0n) is 31.4. The highest BCUT2D eigenvalue weighted by molar-refractivity contribution is 7.92.